The number of amides is 1. The fourth-order valence-corrected chi connectivity index (χ4v) is 8.18. The molecule has 1 aromatic heterocycles. The molecule has 0 bridgehead atoms. The molecule has 1 amide bonds. The Kier molecular flexibility index (Phi) is 6.41. The number of aromatic amines is 1. The number of nitriles is 1. The van der Waals surface area contributed by atoms with Crippen LogP contribution in [0.25, 0.3) is 0 Å². The number of hydrogen-bond donors (Lipinski definition) is 2. The van der Waals surface area contributed by atoms with Crippen LogP contribution in [-0.4, -0.2) is 68.1 Å². The molecule has 3 heterocycles. The number of rotatable bonds is 4. The first kappa shape index (κ1) is 24.2. The summed E-state index contributed by atoms with van der Waals surface area (Å²) in [6, 6.07) is 6.97. The summed E-state index contributed by atoms with van der Waals surface area (Å²) in [6.07, 6.45) is 3.18. The Morgan fingerprint density at radius 2 is 1.82 bits per heavy atom. The minimum Gasteiger partial charge on any atom is -0.370 e. The van der Waals surface area contributed by atoms with E-state index in [4.69, 9.17) is 5.26 Å². The van der Waals surface area contributed by atoms with Crippen LogP contribution in [0.1, 0.15) is 47.6 Å². The van der Waals surface area contributed by atoms with E-state index in [0.29, 0.717) is 26.6 Å². The number of aromatic nitrogens is 2. The van der Waals surface area contributed by atoms with Crippen LogP contribution >= 0.6 is 0 Å². The number of nitrogens with one attached hydrogen (secondary N) is 2. The Morgan fingerprint density at radius 1 is 1.18 bits per heavy atom. The highest BCUT2D eigenvalue weighted by molar-refractivity contribution is 8.04. The molecule has 13 heteroatoms. The average Bonchev–Trinajstić information content (AvgIpc) is 3.27. The quantitative estimate of drug-likeness (QED) is 0.631. The maximum atomic E-state index is 12.7. The van der Waals surface area contributed by atoms with Gasteiger partial charge in [0.15, 0.2) is 5.82 Å². The monoisotopic (exact) mass is 506 g/mol. The molecule has 11 nitrogen and oxygen atoms in total. The van der Waals surface area contributed by atoms with Gasteiger partial charge in [0.1, 0.15) is 11.8 Å². The van der Waals surface area contributed by atoms with Gasteiger partial charge >= 0.3 is 0 Å². The Balaban J connectivity index is 1.68. The van der Waals surface area contributed by atoms with Crippen molar-refractivity contribution in [2.75, 3.05) is 41.9 Å². The second kappa shape index (κ2) is 9.01. The maximum Gasteiger partial charge on any atom is 0.291 e. The van der Waals surface area contributed by atoms with Crippen LogP contribution in [0.2, 0.25) is 0 Å². The molecular formula is C21H26N6O5S2. The van der Waals surface area contributed by atoms with Crippen LogP contribution in [0.5, 0.6) is 0 Å². The van der Waals surface area contributed by atoms with Gasteiger partial charge in [-0.25, -0.2) is 21.8 Å². The van der Waals surface area contributed by atoms with Gasteiger partial charge in [0.05, 0.1) is 29.1 Å². The van der Waals surface area contributed by atoms with Gasteiger partial charge in [0, 0.05) is 26.1 Å². The molecule has 34 heavy (non-hydrogen) atoms. The molecular weight excluding hydrogens is 480 g/mol. The molecule has 182 valence electrons. The van der Waals surface area contributed by atoms with Crippen molar-refractivity contribution >= 4 is 37.3 Å². The summed E-state index contributed by atoms with van der Waals surface area (Å²) in [7, 11) is -6.85. The van der Waals surface area contributed by atoms with Gasteiger partial charge in [-0.05, 0) is 36.5 Å². The Hall–Kier alpha value is -2.95. The normalized spacial score (nSPS) is 21.1. The Morgan fingerprint density at radius 3 is 2.41 bits per heavy atom. The molecule has 2 N–H and O–H groups in total. The van der Waals surface area contributed by atoms with E-state index in [9.17, 15) is 21.6 Å². The van der Waals surface area contributed by atoms with Gasteiger partial charge in [-0.1, -0.05) is 16.7 Å². The molecule has 0 saturated carbocycles. The van der Waals surface area contributed by atoms with Gasteiger partial charge in [0.25, 0.3) is 5.91 Å². The van der Waals surface area contributed by atoms with Crippen molar-refractivity contribution in [1.82, 2.24) is 13.7 Å². The minimum atomic E-state index is -3.95. The molecule has 0 spiro atoms. The fraction of sp³-hybridized carbons (Fsp3) is 0.476. The second-order valence-corrected chi connectivity index (χ2v) is 13.1. The van der Waals surface area contributed by atoms with Crippen molar-refractivity contribution in [3.63, 3.8) is 0 Å². The molecule has 1 aromatic carbocycles. The number of imidazole rings is 1. The average molecular weight is 507 g/mol. The third-order valence-corrected chi connectivity index (χ3v) is 11.0. The molecule has 0 unspecified atom stereocenters. The molecule has 0 atom stereocenters. The summed E-state index contributed by atoms with van der Waals surface area (Å²) >= 11 is 0. The second-order valence-electron chi connectivity index (χ2n) is 8.79. The van der Waals surface area contributed by atoms with Gasteiger partial charge < -0.3 is 15.2 Å². The van der Waals surface area contributed by atoms with Gasteiger partial charge in [-0.3, -0.25) is 4.79 Å². The summed E-state index contributed by atoms with van der Waals surface area (Å²) in [4.78, 5) is 21.4. The first-order chi connectivity index (χ1) is 16.0. The summed E-state index contributed by atoms with van der Waals surface area (Å²) in [5.41, 5.74) is 1.93. The maximum absolute atomic E-state index is 12.7. The van der Waals surface area contributed by atoms with Crippen LogP contribution in [0.15, 0.2) is 24.4 Å². The van der Waals surface area contributed by atoms with Gasteiger partial charge in [-0.2, -0.15) is 5.26 Å². The largest absolute Gasteiger partial charge is 0.370 e. The lowest BCUT2D eigenvalue weighted by Gasteiger charge is -2.34. The minimum absolute atomic E-state index is 0.00801. The number of nitrogens with zero attached hydrogens (tertiary/aromatic N) is 4. The number of benzene rings is 1. The fourth-order valence-electron chi connectivity index (χ4n) is 4.23. The van der Waals surface area contributed by atoms with E-state index < -0.39 is 31.9 Å². The molecule has 2 aromatic rings. The molecule has 0 aliphatic carbocycles. The smallest absolute Gasteiger partial charge is 0.291 e. The highest BCUT2D eigenvalue weighted by Gasteiger charge is 2.41. The zero-order chi connectivity index (χ0) is 24.7. The van der Waals surface area contributed by atoms with E-state index in [1.165, 1.54) is 6.20 Å². The SMILES string of the molecule is CC1CCN(c2cc(C3CS(=O)(=O)N(C)S(=O)(=O)C3)ccc2NC(=O)c2ncc(C#N)[nH]2)CC1. The van der Waals surface area contributed by atoms with E-state index >= 15 is 0 Å². The van der Waals surface area contributed by atoms with Crippen molar-refractivity contribution in [2.45, 2.75) is 25.7 Å². The van der Waals surface area contributed by atoms with Crippen LogP contribution < -0.4 is 10.2 Å². The highest BCUT2D eigenvalue weighted by atomic mass is 32.3. The van der Waals surface area contributed by atoms with Crippen LogP contribution in [0.3, 0.4) is 0 Å². The van der Waals surface area contributed by atoms with Crippen molar-refractivity contribution < 1.29 is 21.6 Å². The zero-order valence-corrected chi connectivity index (χ0v) is 20.5. The molecule has 2 saturated heterocycles. The summed E-state index contributed by atoms with van der Waals surface area (Å²) in [6.45, 7) is 3.67. The molecule has 2 aliphatic rings. The van der Waals surface area contributed by atoms with Crippen LogP contribution in [-0.2, 0) is 20.0 Å². The summed E-state index contributed by atoms with van der Waals surface area (Å²) < 4.78 is 50.2. The third-order valence-electron chi connectivity index (χ3n) is 6.38. The van der Waals surface area contributed by atoms with Crippen LogP contribution in [0, 0.1) is 17.2 Å². The molecule has 0 radical (unpaired) electrons. The molecule has 2 aliphatic heterocycles. The zero-order valence-electron chi connectivity index (χ0n) is 18.9. The molecule has 4 rings (SSSR count). The number of H-pyrrole nitrogens is 1. The lowest BCUT2D eigenvalue weighted by molar-refractivity contribution is 0.101. The van der Waals surface area contributed by atoms with Crippen LogP contribution in [0.4, 0.5) is 11.4 Å². The van der Waals surface area contributed by atoms with E-state index in [0.717, 1.165) is 33.0 Å². The number of sulfonamides is 2. The number of piperidine rings is 1. The number of carbonyl (C=O) groups excluding carboxylic acids is 1. The Bertz CT molecular complexity index is 1320. The Labute approximate surface area is 198 Å². The predicted octanol–water partition coefficient (Wildman–Crippen LogP) is 1.46. The van der Waals surface area contributed by atoms with Gasteiger partial charge in [0.2, 0.25) is 20.0 Å². The lowest BCUT2D eigenvalue weighted by atomic mass is 9.96. The van der Waals surface area contributed by atoms with E-state index in [2.05, 4.69) is 27.1 Å². The molecule has 2 fully saturated rings. The first-order valence-electron chi connectivity index (χ1n) is 10.8. The summed E-state index contributed by atoms with van der Waals surface area (Å²) in [5.74, 6) is -1.31. The number of hydrogen-bond acceptors (Lipinski definition) is 8. The van der Waals surface area contributed by atoms with E-state index in [1.54, 1.807) is 18.2 Å². The lowest BCUT2D eigenvalue weighted by Crippen LogP contribution is -2.45. The van der Waals surface area contributed by atoms with Crippen molar-refractivity contribution in [1.29, 1.82) is 5.26 Å². The summed E-state index contributed by atoms with van der Waals surface area (Å²) in [5, 5.41) is 11.8. The van der Waals surface area contributed by atoms with E-state index in [-0.39, 0.29) is 23.0 Å². The first-order valence-corrected chi connectivity index (χ1v) is 14.1. The third kappa shape index (κ3) is 4.79. The number of carbonyl (C=O) groups is 1. The number of anilines is 2. The van der Waals surface area contributed by atoms with Crippen molar-refractivity contribution in [2.24, 2.45) is 5.92 Å². The standard InChI is InChI=1S/C21H26N6O5S2/c1-14-5-7-27(8-6-14)19-9-15(16-12-33(29,30)26(2)34(31,32)13-16)3-4-18(19)25-21(28)20-23-11-17(10-22)24-20/h3-4,9,11,14,16H,5-8,12-13H2,1-2H3,(H,23,24)(H,25,28). The van der Waals surface area contributed by atoms with Gasteiger partial charge in [-0.15, -0.1) is 0 Å². The highest BCUT2D eigenvalue weighted by Crippen LogP contribution is 2.36. The van der Waals surface area contributed by atoms with Crippen molar-refractivity contribution in [3.05, 3.63) is 41.5 Å². The van der Waals surface area contributed by atoms with Crippen molar-refractivity contribution in [3.8, 4) is 6.07 Å². The van der Waals surface area contributed by atoms with E-state index in [1.807, 2.05) is 6.07 Å². The predicted molar refractivity (Wildman–Crippen MR) is 126 cm³/mol. The topological polar surface area (TPSA) is 156 Å².